The Labute approximate surface area is 57.4 Å². The molecule has 0 radical (unpaired) electrons. The van der Waals surface area contributed by atoms with Gasteiger partial charge in [0, 0.05) is 0 Å². The third-order valence-corrected chi connectivity index (χ3v) is 1.71. The molecule has 0 spiro atoms. The van der Waals surface area contributed by atoms with Gasteiger partial charge >= 0.3 is 5.97 Å². The number of hydrogen-bond donors (Lipinski definition) is 1. The Morgan fingerprint density at radius 1 is 1.89 bits per heavy atom. The molecule has 4 heteroatoms. The van der Waals surface area contributed by atoms with Gasteiger partial charge in [0.2, 0.25) is 0 Å². The minimum atomic E-state index is -0.881. The van der Waals surface area contributed by atoms with Crippen molar-refractivity contribution in [2.75, 3.05) is 5.75 Å². The van der Waals surface area contributed by atoms with Crippen molar-refractivity contribution in [2.45, 2.75) is 12.2 Å². The lowest BCUT2D eigenvalue weighted by atomic mass is 10.5. The molecule has 0 aromatic carbocycles. The van der Waals surface area contributed by atoms with E-state index in [1.165, 1.54) is 0 Å². The first-order valence-electron chi connectivity index (χ1n) is 2.45. The Morgan fingerprint density at radius 3 is 2.78 bits per heavy atom. The van der Waals surface area contributed by atoms with Gasteiger partial charge in [-0.25, -0.2) is 0 Å². The SMILES string of the molecule is CC(C=O)SCC(=O)O. The Balaban J connectivity index is 3.26. The van der Waals surface area contributed by atoms with Crippen LogP contribution in [-0.4, -0.2) is 28.4 Å². The van der Waals surface area contributed by atoms with Crippen LogP contribution in [0.15, 0.2) is 0 Å². The number of hydrogen-bond acceptors (Lipinski definition) is 3. The smallest absolute Gasteiger partial charge is 0.313 e. The molecule has 0 heterocycles. The summed E-state index contributed by atoms with van der Waals surface area (Å²) in [5, 5.41) is 7.91. The summed E-state index contributed by atoms with van der Waals surface area (Å²) >= 11 is 1.12. The van der Waals surface area contributed by atoms with E-state index in [1.807, 2.05) is 0 Å². The van der Waals surface area contributed by atoms with Crippen molar-refractivity contribution in [2.24, 2.45) is 0 Å². The summed E-state index contributed by atoms with van der Waals surface area (Å²) < 4.78 is 0. The standard InChI is InChI=1S/C5H8O3S/c1-4(2-6)9-3-5(7)8/h2,4H,3H2,1H3,(H,7,8). The molecule has 52 valence electrons. The molecule has 0 aliphatic heterocycles. The Bertz CT molecular complexity index is 113. The fourth-order valence-electron chi connectivity index (χ4n) is 0.242. The van der Waals surface area contributed by atoms with E-state index in [9.17, 15) is 9.59 Å². The number of carboxylic acids is 1. The van der Waals surface area contributed by atoms with Crippen LogP contribution in [-0.2, 0) is 9.59 Å². The summed E-state index contributed by atoms with van der Waals surface area (Å²) in [6.07, 6.45) is 0.730. The summed E-state index contributed by atoms with van der Waals surface area (Å²) in [5.41, 5.74) is 0. The fourth-order valence-corrected chi connectivity index (χ4v) is 0.726. The molecule has 0 amide bonds. The zero-order chi connectivity index (χ0) is 7.28. The van der Waals surface area contributed by atoms with Crippen molar-refractivity contribution in [3.8, 4) is 0 Å². The lowest BCUT2D eigenvalue weighted by Crippen LogP contribution is -2.04. The van der Waals surface area contributed by atoms with Crippen LogP contribution in [0.1, 0.15) is 6.92 Å². The molecule has 1 unspecified atom stereocenters. The number of aliphatic carboxylic acids is 1. The molecule has 0 rings (SSSR count). The molecule has 0 bridgehead atoms. The Kier molecular flexibility index (Phi) is 4.13. The van der Waals surface area contributed by atoms with Crippen LogP contribution >= 0.6 is 11.8 Å². The molecule has 0 aliphatic carbocycles. The third kappa shape index (κ3) is 5.36. The van der Waals surface area contributed by atoms with Gasteiger partial charge in [0.15, 0.2) is 0 Å². The number of carboxylic acid groups (broad SMARTS) is 1. The van der Waals surface area contributed by atoms with E-state index in [-0.39, 0.29) is 11.0 Å². The van der Waals surface area contributed by atoms with Gasteiger partial charge in [0.1, 0.15) is 6.29 Å². The minimum absolute atomic E-state index is 0.0000926. The molecule has 0 aromatic heterocycles. The highest BCUT2D eigenvalue weighted by Crippen LogP contribution is 2.05. The molecule has 0 aromatic rings. The van der Waals surface area contributed by atoms with Crippen LogP contribution in [0.25, 0.3) is 0 Å². The van der Waals surface area contributed by atoms with Crippen LogP contribution < -0.4 is 0 Å². The normalized spacial score (nSPS) is 12.6. The van der Waals surface area contributed by atoms with Crippen molar-refractivity contribution in [3.63, 3.8) is 0 Å². The van der Waals surface area contributed by atoms with Gasteiger partial charge in [-0.05, 0) is 6.92 Å². The van der Waals surface area contributed by atoms with E-state index >= 15 is 0 Å². The number of carbonyl (C=O) groups is 2. The van der Waals surface area contributed by atoms with Crippen LogP contribution in [0.5, 0.6) is 0 Å². The second kappa shape index (κ2) is 4.38. The van der Waals surface area contributed by atoms with Crippen LogP contribution in [0.4, 0.5) is 0 Å². The van der Waals surface area contributed by atoms with Gasteiger partial charge in [0.25, 0.3) is 0 Å². The van der Waals surface area contributed by atoms with E-state index in [1.54, 1.807) is 6.92 Å². The first-order valence-corrected chi connectivity index (χ1v) is 3.50. The van der Waals surface area contributed by atoms with Gasteiger partial charge in [-0.3, -0.25) is 4.79 Å². The van der Waals surface area contributed by atoms with E-state index in [0.29, 0.717) is 0 Å². The van der Waals surface area contributed by atoms with Gasteiger partial charge in [0.05, 0.1) is 11.0 Å². The lowest BCUT2D eigenvalue weighted by Gasteiger charge is -1.97. The number of carbonyl (C=O) groups excluding carboxylic acids is 1. The highest BCUT2D eigenvalue weighted by atomic mass is 32.2. The number of aldehydes is 1. The first kappa shape index (κ1) is 8.49. The zero-order valence-corrected chi connectivity index (χ0v) is 5.85. The maximum atomic E-state index is 9.90. The summed E-state index contributed by atoms with van der Waals surface area (Å²) in [7, 11) is 0. The predicted octanol–water partition coefficient (Wildman–Crippen LogP) is 0.392. The summed E-state index contributed by atoms with van der Waals surface area (Å²) in [6.45, 7) is 1.67. The molecule has 9 heavy (non-hydrogen) atoms. The second-order valence-corrected chi connectivity index (χ2v) is 2.91. The van der Waals surface area contributed by atoms with Crippen LogP contribution in [0, 0.1) is 0 Å². The fraction of sp³-hybridized carbons (Fsp3) is 0.600. The van der Waals surface area contributed by atoms with Crippen molar-refractivity contribution in [1.29, 1.82) is 0 Å². The van der Waals surface area contributed by atoms with Crippen LogP contribution in [0.2, 0.25) is 0 Å². The maximum absolute atomic E-state index is 9.90. The average Bonchev–Trinajstić information content (AvgIpc) is 1.83. The molecule has 1 N–H and O–H groups in total. The molecular weight excluding hydrogens is 140 g/mol. The quantitative estimate of drug-likeness (QED) is 0.586. The van der Waals surface area contributed by atoms with Gasteiger partial charge in [-0.2, -0.15) is 0 Å². The van der Waals surface area contributed by atoms with Crippen molar-refractivity contribution >= 4 is 24.0 Å². The molecule has 3 nitrogen and oxygen atoms in total. The maximum Gasteiger partial charge on any atom is 0.313 e. The predicted molar refractivity (Wildman–Crippen MR) is 35.6 cm³/mol. The summed E-state index contributed by atoms with van der Waals surface area (Å²) in [5.74, 6) is -0.881. The van der Waals surface area contributed by atoms with E-state index in [0.717, 1.165) is 18.0 Å². The Morgan fingerprint density at radius 2 is 2.44 bits per heavy atom. The van der Waals surface area contributed by atoms with Crippen LogP contribution in [0.3, 0.4) is 0 Å². The van der Waals surface area contributed by atoms with Crippen molar-refractivity contribution in [3.05, 3.63) is 0 Å². The van der Waals surface area contributed by atoms with Gasteiger partial charge in [-0.1, -0.05) is 0 Å². The highest BCUT2D eigenvalue weighted by molar-refractivity contribution is 8.01. The molecular formula is C5H8O3S. The van der Waals surface area contributed by atoms with Gasteiger partial charge < -0.3 is 9.90 Å². The first-order chi connectivity index (χ1) is 4.16. The number of rotatable bonds is 4. The molecule has 0 fully saturated rings. The Hall–Kier alpha value is -0.510. The van der Waals surface area contributed by atoms with Crippen molar-refractivity contribution in [1.82, 2.24) is 0 Å². The lowest BCUT2D eigenvalue weighted by molar-refractivity contribution is -0.133. The molecule has 0 aliphatic rings. The third-order valence-electron chi connectivity index (χ3n) is 0.661. The topological polar surface area (TPSA) is 54.4 Å². The summed E-state index contributed by atoms with van der Waals surface area (Å²) in [4.78, 5) is 19.8. The monoisotopic (exact) mass is 148 g/mol. The zero-order valence-electron chi connectivity index (χ0n) is 5.03. The van der Waals surface area contributed by atoms with E-state index < -0.39 is 5.97 Å². The summed E-state index contributed by atoms with van der Waals surface area (Å²) in [6, 6.07) is 0. The average molecular weight is 148 g/mol. The van der Waals surface area contributed by atoms with E-state index in [4.69, 9.17) is 5.11 Å². The molecule has 0 saturated carbocycles. The minimum Gasteiger partial charge on any atom is -0.481 e. The highest BCUT2D eigenvalue weighted by Gasteiger charge is 2.02. The van der Waals surface area contributed by atoms with Crippen molar-refractivity contribution < 1.29 is 14.7 Å². The largest absolute Gasteiger partial charge is 0.481 e. The van der Waals surface area contributed by atoms with E-state index in [2.05, 4.69) is 0 Å². The second-order valence-electron chi connectivity index (χ2n) is 1.55. The molecule has 0 saturated heterocycles. The number of thioether (sulfide) groups is 1. The van der Waals surface area contributed by atoms with Gasteiger partial charge in [-0.15, -0.1) is 11.8 Å². The molecule has 1 atom stereocenters.